The smallest absolute Gasteiger partial charge is 0.242 e. The summed E-state index contributed by atoms with van der Waals surface area (Å²) in [4.78, 5) is 30.7. The number of carbonyl (C=O) groups excluding carboxylic acids is 2. The lowest BCUT2D eigenvalue weighted by molar-refractivity contribution is -0.142. The van der Waals surface area contributed by atoms with Crippen LogP contribution in [0.5, 0.6) is 5.75 Å². The molecule has 1 fully saturated rings. The fourth-order valence-electron chi connectivity index (χ4n) is 4.10. The van der Waals surface area contributed by atoms with Gasteiger partial charge < -0.3 is 14.5 Å². The van der Waals surface area contributed by atoms with Crippen LogP contribution in [-0.4, -0.2) is 47.9 Å². The topological polar surface area (TPSA) is 49.9 Å². The van der Waals surface area contributed by atoms with Crippen LogP contribution in [0.25, 0.3) is 0 Å². The van der Waals surface area contributed by atoms with E-state index >= 15 is 0 Å². The van der Waals surface area contributed by atoms with Crippen LogP contribution in [0, 0.1) is 12.8 Å². The van der Waals surface area contributed by atoms with Crippen molar-refractivity contribution in [3.8, 4) is 5.75 Å². The number of halogens is 1. The third-order valence-corrected chi connectivity index (χ3v) is 7.53. The molecule has 0 saturated heterocycles. The van der Waals surface area contributed by atoms with E-state index in [4.69, 9.17) is 16.3 Å². The summed E-state index contributed by atoms with van der Waals surface area (Å²) in [5.41, 5.74) is 2.12. The summed E-state index contributed by atoms with van der Waals surface area (Å²) < 4.78 is 6.11. The number of carbonyl (C=O) groups is 2. The molecule has 1 atom stereocenters. The Morgan fingerprint density at radius 1 is 1.29 bits per heavy atom. The molecule has 2 amide bonds. The Morgan fingerprint density at radius 3 is 2.81 bits per heavy atom. The molecule has 2 heterocycles. The van der Waals surface area contributed by atoms with E-state index in [2.05, 4.69) is 11.4 Å². The normalized spacial score (nSPS) is 17.9. The van der Waals surface area contributed by atoms with Gasteiger partial charge >= 0.3 is 0 Å². The highest BCUT2D eigenvalue weighted by molar-refractivity contribution is 7.10. The average molecular weight is 461 g/mol. The van der Waals surface area contributed by atoms with Crippen LogP contribution in [0.2, 0.25) is 5.02 Å². The Balaban J connectivity index is 1.49. The molecule has 0 radical (unpaired) electrons. The molecule has 1 aromatic carbocycles. The van der Waals surface area contributed by atoms with Gasteiger partial charge in [0.1, 0.15) is 12.4 Å². The number of fused-ring (bicyclic) bond motifs is 1. The van der Waals surface area contributed by atoms with Crippen molar-refractivity contribution < 1.29 is 14.3 Å². The lowest BCUT2D eigenvalue weighted by Gasteiger charge is -2.37. The number of aryl methyl sites for hydroxylation is 1. The molecule has 0 N–H and O–H groups in total. The monoisotopic (exact) mass is 460 g/mol. The molecule has 31 heavy (non-hydrogen) atoms. The van der Waals surface area contributed by atoms with E-state index in [0.29, 0.717) is 37.1 Å². The van der Waals surface area contributed by atoms with Crippen molar-refractivity contribution in [1.29, 1.82) is 0 Å². The van der Waals surface area contributed by atoms with Crippen LogP contribution in [0.1, 0.15) is 48.2 Å². The Bertz CT molecular complexity index is 956. The molecule has 1 aliphatic carbocycles. The molecule has 7 heteroatoms. The summed E-state index contributed by atoms with van der Waals surface area (Å²) in [6.45, 7) is 5.68. The fraction of sp³-hybridized carbons (Fsp3) is 0.500. The van der Waals surface area contributed by atoms with Crippen molar-refractivity contribution >= 4 is 34.8 Å². The highest BCUT2D eigenvalue weighted by Gasteiger charge is 2.34. The molecular formula is C24H29ClN2O3S. The number of thiophene rings is 1. The van der Waals surface area contributed by atoms with Gasteiger partial charge in [-0.1, -0.05) is 18.5 Å². The molecule has 1 unspecified atom stereocenters. The quantitative estimate of drug-likeness (QED) is 0.565. The van der Waals surface area contributed by atoms with Gasteiger partial charge in [0.15, 0.2) is 0 Å². The number of amides is 2. The van der Waals surface area contributed by atoms with Crippen LogP contribution in [0.15, 0.2) is 29.6 Å². The van der Waals surface area contributed by atoms with E-state index in [1.165, 1.54) is 4.88 Å². The van der Waals surface area contributed by atoms with Crippen molar-refractivity contribution in [1.82, 2.24) is 9.80 Å². The maximum atomic E-state index is 13.3. The molecule has 1 aromatic heterocycles. The largest absolute Gasteiger partial charge is 0.491 e. The molecule has 2 aliphatic rings. The van der Waals surface area contributed by atoms with Gasteiger partial charge in [-0.05, 0) is 72.9 Å². The first kappa shape index (κ1) is 22.2. The highest BCUT2D eigenvalue weighted by Crippen LogP contribution is 2.35. The van der Waals surface area contributed by atoms with Crippen molar-refractivity contribution in [3.05, 3.63) is 50.7 Å². The minimum absolute atomic E-state index is 0.000173. The zero-order chi connectivity index (χ0) is 22.0. The molecule has 0 bridgehead atoms. The van der Waals surface area contributed by atoms with Crippen LogP contribution in [-0.2, 0) is 16.0 Å². The number of benzene rings is 1. The third kappa shape index (κ3) is 5.24. The Hall–Kier alpha value is -2.05. The van der Waals surface area contributed by atoms with Crippen LogP contribution in [0.4, 0.5) is 0 Å². The summed E-state index contributed by atoms with van der Waals surface area (Å²) in [5.74, 6) is 1.35. The molecule has 166 valence electrons. The molecule has 5 nitrogen and oxygen atoms in total. The SMILES string of the molecule is CCC(=O)N(CC(=O)N1CCc2sccc2C1COc1ccc(Cl)c(C)c1)CC1CC1. The maximum absolute atomic E-state index is 13.3. The Morgan fingerprint density at radius 2 is 2.10 bits per heavy atom. The first-order chi connectivity index (χ1) is 15.0. The second kappa shape index (κ2) is 9.61. The number of nitrogens with zero attached hydrogens (tertiary/aromatic N) is 2. The minimum atomic E-state index is -0.155. The van der Waals surface area contributed by atoms with E-state index in [1.54, 1.807) is 16.2 Å². The zero-order valence-electron chi connectivity index (χ0n) is 18.1. The third-order valence-electron chi connectivity index (χ3n) is 6.11. The standard InChI is InChI=1S/C24H29ClN2O3S/c1-3-23(28)26(13-17-4-5-17)14-24(29)27-10-8-22-19(9-11-31-22)21(27)15-30-18-6-7-20(25)16(2)12-18/h6-7,9,11-12,17,21H,3-5,8,10,13-15H2,1-2H3. The first-order valence-electron chi connectivity index (χ1n) is 11.0. The Labute approximate surface area is 192 Å². The summed E-state index contributed by atoms with van der Waals surface area (Å²) in [6, 6.07) is 7.55. The lowest BCUT2D eigenvalue weighted by atomic mass is 10.0. The molecule has 1 aliphatic heterocycles. The predicted molar refractivity (Wildman–Crippen MR) is 124 cm³/mol. The van der Waals surface area contributed by atoms with Crippen LogP contribution >= 0.6 is 22.9 Å². The van der Waals surface area contributed by atoms with Gasteiger partial charge in [-0.2, -0.15) is 0 Å². The average Bonchev–Trinajstić information content (AvgIpc) is 3.45. The van der Waals surface area contributed by atoms with E-state index in [-0.39, 0.29) is 24.4 Å². The number of rotatable bonds is 8. The molecular weight excluding hydrogens is 432 g/mol. The summed E-state index contributed by atoms with van der Waals surface area (Å²) in [6.07, 6.45) is 3.58. The molecule has 1 saturated carbocycles. The zero-order valence-corrected chi connectivity index (χ0v) is 19.7. The van der Waals surface area contributed by atoms with E-state index in [1.807, 2.05) is 36.9 Å². The van der Waals surface area contributed by atoms with Gasteiger partial charge in [0, 0.05) is 29.4 Å². The molecule has 4 rings (SSSR count). The predicted octanol–water partition coefficient (Wildman–Crippen LogP) is 4.86. The van der Waals surface area contributed by atoms with Crippen molar-refractivity contribution in [2.45, 2.75) is 45.6 Å². The second-order valence-corrected chi connectivity index (χ2v) is 9.85. The number of hydrogen-bond acceptors (Lipinski definition) is 4. The van der Waals surface area contributed by atoms with Crippen LogP contribution < -0.4 is 4.74 Å². The summed E-state index contributed by atoms with van der Waals surface area (Å²) in [5, 5.41) is 2.79. The van der Waals surface area contributed by atoms with E-state index in [0.717, 1.165) is 36.1 Å². The summed E-state index contributed by atoms with van der Waals surface area (Å²) >= 11 is 7.87. The van der Waals surface area contributed by atoms with Crippen molar-refractivity contribution in [2.75, 3.05) is 26.2 Å². The van der Waals surface area contributed by atoms with E-state index < -0.39 is 0 Å². The Kier molecular flexibility index (Phi) is 6.87. The minimum Gasteiger partial charge on any atom is -0.491 e. The van der Waals surface area contributed by atoms with E-state index in [9.17, 15) is 9.59 Å². The number of hydrogen-bond donors (Lipinski definition) is 0. The van der Waals surface area contributed by atoms with Gasteiger partial charge in [0.05, 0.1) is 12.6 Å². The molecule has 0 spiro atoms. The molecule has 2 aromatic rings. The second-order valence-electron chi connectivity index (χ2n) is 8.45. The van der Waals surface area contributed by atoms with Gasteiger partial charge in [-0.15, -0.1) is 11.3 Å². The number of ether oxygens (including phenoxy) is 1. The van der Waals surface area contributed by atoms with Crippen molar-refractivity contribution in [3.63, 3.8) is 0 Å². The van der Waals surface area contributed by atoms with Gasteiger partial charge in [-0.3, -0.25) is 9.59 Å². The van der Waals surface area contributed by atoms with Crippen molar-refractivity contribution in [2.24, 2.45) is 5.92 Å². The lowest BCUT2D eigenvalue weighted by Crippen LogP contribution is -2.48. The first-order valence-corrected chi connectivity index (χ1v) is 12.2. The van der Waals surface area contributed by atoms with Crippen LogP contribution in [0.3, 0.4) is 0 Å². The summed E-state index contributed by atoms with van der Waals surface area (Å²) in [7, 11) is 0. The maximum Gasteiger partial charge on any atom is 0.242 e. The fourth-order valence-corrected chi connectivity index (χ4v) is 5.15. The van der Waals surface area contributed by atoms with Gasteiger partial charge in [-0.25, -0.2) is 0 Å². The van der Waals surface area contributed by atoms with Gasteiger partial charge in [0.25, 0.3) is 0 Å². The highest BCUT2D eigenvalue weighted by atomic mass is 35.5. The van der Waals surface area contributed by atoms with Gasteiger partial charge in [0.2, 0.25) is 11.8 Å².